The molecule has 0 radical (unpaired) electrons. The molecule has 4 nitrogen and oxygen atoms in total. The lowest BCUT2D eigenvalue weighted by atomic mass is 9.95. The van der Waals surface area contributed by atoms with Gasteiger partial charge in [0.05, 0.1) is 11.2 Å². The number of para-hydroxylation sites is 1. The summed E-state index contributed by atoms with van der Waals surface area (Å²) in [6.07, 6.45) is 0. The van der Waals surface area contributed by atoms with E-state index >= 15 is 0 Å². The van der Waals surface area contributed by atoms with Crippen molar-refractivity contribution in [3.05, 3.63) is 71.7 Å². The lowest BCUT2D eigenvalue weighted by Gasteiger charge is -2.14. The van der Waals surface area contributed by atoms with Gasteiger partial charge in [0.1, 0.15) is 0 Å². The van der Waals surface area contributed by atoms with Gasteiger partial charge in [-0.05, 0) is 11.6 Å². The van der Waals surface area contributed by atoms with E-state index in [1.54, 1.807) is 0 Å². The number of hydrogen-bond donors (Lipinski definition) is 1. The quantitative estimate of drug-likeness (QED) is 0.800. The lowest BCUT2D eigenvalue weighted by molar-refractivity contribution is 0.0990. The maximum Gasteiger partial charge on any atom is 0.286 e. The predicted molar refractivity (Wildman–Crippen MR) is 82.0 cm³/mol. The Hall–Kier alpha value is -2.75. The summed E-state index contributed by atoms with van der Waals surface area (Å²) in [7, 11) is 0. The van der Waals surface area contributed by atoms with Crippen molar-refractivity contribution in [2.75, 3.05) is 0 Å². The normalized spacial score (nSPS) is 12.2. The fourth-order valence-electron chi connectivity index (χ4n) is 2.44. The molecule has 0 spiro atoms. The van der Waals surface area contributed by atoms with Crippen LogP contribution in [0.1, 0.15) is 34.7 Å². The number of rotatable bonds is 3. The van der Waals surface area contributed by atoms with Gasteiger partial charge >= 0.3 is 0 Å². The molecule has 0 bridgehead atoms. The first kappa shape index (κ1) is 13.2. The van der Waals surface area contributed by atoms with Crippen molar-refractivity contribution < 1.29 is 4.79 Å². The standard InChI is InChI=1S/C17H15N3O/c1-11(12-7-3-2-4-8-12)15-13-9-5-6-10-14(13)19-17(20-15)16(18)21/h2-11H,1H3,(H2,18,21)/t11-/m1/s1. The topological polar surface area (TPSA) is 68.9 Å². The highest BCUT2D eigenvalue weighted by Crippen LogP contribution is 2.28. The van der Waals surface area contributed by atoms with Gasteiger partial charge in [-0.2, -0.15) is 0 Å². The Morgan fingerprint density at radius 1 is 1.00 bits per heavy atom. The number of carbonyl (C=O) groups excluding carboxylic acids is 1. The summed E-state index contributed by atoms with van der Waals surface area (Å²) in [4.78, 5) is 20.1. The summed E-state index contributed by atoms with van der Waals surface area (Å²) < 4.78 is 0. The van der Waals surface area contributed by atoms with Gasteiger partial charge < -0.3 is 5.73 Å². The molecule has 0 unspecified atom stereocenters. The van der Waals surface area contributed by atoms with E-state index in [1.807, 2.05) is 54.6 Å². The van der Waals surface area contributed by atoms with Crippen LogP contribution in [0, 0.1) is 0 Å². The molecule has 0 aliphatic rings. The van der Waals surface area contributed by atoms with Gasteiger partial charge in [-0.3, -0.25) is 4.79 Å². The van der Waals surface area contributed by atoms with E-state index in [4.69, 9.17) is 5.73 Å². The van der Waals surface area contributed by atoms with Crippen LogP contribution in [0.15, 0.2) is 54.6 Å². The van der Waals surface area contributed by atoms with Crippen molar-refractivity contribution in [2.24, 2.45) is 5.73 Å². The van der Waals surface area contributed by atoms with E-state index in [0.29, 0.717) is 0 Å². The van der Waals surface area contributed by atoms with Crippen LogP contribution in [0.25, 0.3) is 10.9 Å². The van der Waals surface area contributed by atoms with E-state index in [2.05, 4.69) is 16.9 Å². The van der Waals surface area contributed by atoms with Crippen LogP contribution >= 0.6 is 0 Å². The third-order valence-corrected chi connectivity index (χ3v) is 3.56. The van der Waals surface area contributed by atoms with Crippen molar-refractivity contribution in [1.82, 2.24) is 9.97 Å². The Kier molecular flexibility index (Phi) is 3.36. The Morgan fingerprint density at radius 3 is 2.38 bits per heavy atom. The monoisotopic (exact) mass is 277 g/mol. The lowest BCUT2D eigenvalue weighted by Crippen LogP contribution is -2.17. The van der Waals surface area contributed by atoms with Gasteiger partial charge in [0.2, 0.25) is 5.82 Å². The van der Waals surface area contributed by atoms with Gasteiger partial charge in [-0.1, -0.05) is 55.5 Å². The molecule has 3 aromatic rings. The van der Waals surface area contributed by atoms with Crippen molar-refractivity contribution in [3.8, 4) is 0 Å². The van der Waals surface area contributed by atoms with Crippen LogP contribution in [-0.4, -0.2) is 15.9 Å². The number of hydrogen-bond acceptors (Lipinski definition) is 3. The molecule has 2 N–H and O–H groups in total. The van der Waals surface area contributed by atoms with Gasteiger partial charge in [-0.15, -0.1) is 0 Å². The van der Waals surface area contributed by atoms with E-state index in [1.165, 1.54) is 0 Å². The van der Waals surface area contributed by atoms with E-state index in [-0.39, 0.29) is 11.7 Å². The summed E-state index contributed by atoms with van der Waals surface area (Å²) in [5.74, 6) is -0.494. The molecule has 0 saturated heterocycles. The van der Waals surface area contributed by atoms with Crippen LogP contribution in [0.4, 0.5) is 0 Å². The number of aromatic nitrogens is 2. The second-order valence-corrected chi connectivity index (χ2v) is 4.95. The van der Waals surface area contributed by atoms with Crippen LogP contribution < -0.4 is 5.73 Å². The Bertz CT molecular complexity index is 799. The number of primary amides is 1. The zero-order chi connectivity index (χ0) is 14.8. The molecule has 21 heavy (non-hydrogen) atoms. The molecule has 3 rings (SSSR count). The number of benzene rings is 2. The van der Waals surface area contributed by atoms with Crippen molar-refractivity contribution in [2.45, 2.75) is 12.8 Å². The summed E-state index contributed by atoms with van der Waals surface area (Å²) >= 11 is 0. The third kappa shape index (κ3) is 2.48. The highest BCUT2D eigenvalue weighted by Gasteiger charge is 2.17. The van der Waals surface area contributed by atoms with E-state index < -0.39 is 5.91 Å². The average Bonchev–Trinajstić information content (AvgIpc) is 2.54. The maximum absolute atomic E-state index is 11.5. The molecule has 104 valence electrons. The van der Waals surface area contributed by atoms with Gasteiger partial charge in [0.25, 0.3) is 5.91 Å². The molecule has 1 amide bonds. The first-order chi connectivity index (χ1) is 10.2. The van der Waals surface area contributed by atoms with Gasteiger partial charge in [-0.25, -0.2) is 9.97 Å². The number of nitrogens with two attached hydrogens (primary N) is 1. The van der Waals surface area contributed by atoms with Crippen molar-refractivity contribution >= 4 is 16.8 Å². The molecule has 1 aromatic heterocycles. The molecule has 0 aliphatic heterocycles. The molecule has 1 heterocycles. The van der Waals surface area contributed by atoms with Crippen LogP contribution in [0.3, 0.4) is 0 Å². The minimum atomic E-state index is -0.609. The molecular weight excluding hydrogens is 262 g/mol. The molecule has 2 aromatic carbocycles. The Morgan fingerprint density at radius 2 is 1.67 bits per heavy atom. The minimum absolute atomic E-state index is 0.0530. The smallest absolute Gasteiger partial charge is 0.286 e. The average molecular weight is 277 g/mol. The summed E-state index contributed by atoms with van der Waals surface area (Å²) in [5, 5.41) is 0.943. The van der Waals surface area contributed by atoms with Crippen LogP contribution in [0.2, 0.25) is 0 Å². The van der Waals surface area contributed by atoms with Gasteiger partial charge in [0, 0.05) is 11.3 Å². The number of fused-ring (bicyclic) bond motifs is 1. The second-order valence-electron chi connectivity index (χ2n) is 4.95. The Balaban J connectivity index is 2.23. The van der Waals surface area contributed by atoms with Gasteiger partial charge in [0.15, 0.2) is 0 Å². The number of nitrogens with zero attached hydrogens (tertiary/aromatic N) is 2. The molecule has 0 saturated carbocycles. The minimum Gasteiger partial charge on any atom is -0.363 e. The largest absolute Gasteiger partial charge is 0.363 e. The third-order valence-electron chi connectivity index (χ3n) is 3.56. The van der Waals surface area contributed by atoms with E-state index in [0.717, 1.165) is 22.2 Å². The van der Waals surface area contributed by atoms with Crippen molar-refractivity contribution in [1.29, 1.82) is 0 Å². The highest BCUT2D eigenvalue weighted by molar-refractivity contribution is 5.92. The fourth-order valence-corrected chi connectivity index (χ4v) is 2.44. The van der Waals surface area contributed by atoms with Crippen molar-refractivity contribution in [3.63, 3.8) is 0 Å². The zero-order valence-corrected chi connectivity index (χ0v) is 11.7. The molecule has 0 aliphatic carbocycles. The molecular formula is C17H15N3O. The summed E-state index contributed by atoms with van der Waals surface area (Å²) in [6.45, 7) is 2.06. The first-order valence-corrected chi connectivity index (χ1v) is 6.78. The van der Waals surface area contributed by atoms with Crippen LogP contribution in [-0.2, 0) is 0 Å². The number of amides is 1. The first-order valence-electron chi connectivity index (χ1n) is 6.78. The molecule has 0 fully saturated rings. The molecule has 4 heteroatoms. The highest BCUT2D eigenvalue weighted by atomic mass is 16.1. The maximum atomic E-state index is 11.5. The fraction of sp³-hybridized carbons (Fsp3) is 0.118. The Labute approximate surface area is 122 Å². The predicted octanol–water partition coefficient (Wildman–Crippen LogP) is 2.88. The number of carbonyl (C=O) groups is 1. The van der Waals surface area contributed by atoms with E-state index in [9.17, 15) is 4.79 Å². The SMILES string of the molecule is C[C@H](c1ccccc1)c1nc(C(N)=O)nc2ccccc12. The molecule has 1 atom stereocenters. The second kappa shape index (κ2) is 5.32. The summed E-state index contributed by atoms with van der Waals surface area (Å²) in [6, 6.07) is 17.7. The van der Waals surface area contributed by atoms with Crippen LogP contribution in [0.5, 0.6) is 0 Å². The summed E-state index contributed by atoms with van der Waals surface area (Å²) in [5.41, 5.74) is 8.04. The zero-order valence-electron chi connectivity index (χ0n) is 11.7.